The fraction of sp³-hybridized carbons (Fsp3) is 0.391. The monoisotopic (exact) mass is 376 g/mol. The zero-order valence-electron chi connectivity index (χ0n) is 17.5. The van der Waals surface area contributed by atoms with Gasteiger partial charge in [0.2, 0.25) is 0 Å². The fourth-order valence-electron chi connectivity index (χ4n) is 1.65. The molecule has 0 saturated heterocycles. The van der Waals surface area contributed by atoms with Crippen molar-refractivity contribution in [2.24, 2.45) is 0 Å². The molecule has 0 amide bonds. The summed E-state index contributed by atoms with van der Waals surface area (Å²) in [7, 11) is 1.68. The predicted molar refractivity (Wildman–Crippen MR) is 120 cm³/mol. The summed E-state index contributed by atoms with van der Waals surface area (Å²) in [5.41, 5.74) is 0. The first kappa shape index (κ1) is 26.4. The van der Waals surface area contributed by atoms with E-state index in [0.717, 1.165) is 19.0 Å². The highest BCUT2D eigenvalue weighted by Gasteiger charge is 1.94. The van der Waals surface area contributed by atoms with Gasteiger partial charge in [0.15, 0.2) is 0 Å². The van der Waals surface area contributed by atoms with E-state index in [1.165, 1.54) is 10.8 Å². The van der Waals surface area contributed by atoms with Gasteiger partial charge in [-0.3, -0.25) is 0 Å². The van der Waals surface area contributed by atoms with Gasteiger partial charge < -0.3 is 9.47 Å². The molecule has 0 fully saturated rings. The number of methoxy groups -OCH3 is 1. The Morgan fingerprint density at radius 2 is 1.27 bits per heavy atom. The van der Waals surface area contributed by atoms with Gasteiger partial charge in [-0.1, -0.05) is 70.2 Å². The van der Waals surface area contributed by atoms with E-state index in [2.05, 4.69) is 29.0 Å². The summed E-state index contributed by atoms with van der Waals surface area (Å²) in [6.45, 7) is 13.5. The van der Waals surface area contributed by atoms with E-state index in [1.807, 2.05) is 82.6 Å². The topological polar surface area (TPSA) is 18.5 Å². The minimum Gasteiger partial charge on any atom is -0.494 e. The quantitative estimate of drug-likeness (QED) is 0.466. The number of ether oxygens (including phenoxy) is 2. The van der Waals surface area contributed by atoms with Crippen LogP contribution < -0.4 is 4.74 Å². The Morgan fingerprint density at radius 3 is 1.69 bits per heavy atom. The number of rotatable bonds is 3. The highest BCUT2D eigenvalue weighted by Crippen LogP contribution is 2.20. The Balaban J connectivity index is 0. The van der Waals surface area contributed by atoms with Crippen LogP contribution in [0.25, 0.3) is 10.8 Å². The molecule has 0 spiro atoms. The van der Waals surface area contributed by atoms with Crippen LogP contribution in [0.3, 0.4) is 0 Å². The second kappa shape index (κ2) is 21.2. The largest absolute Gasteiger partial charge is 0.494 e. The lowest BCUT2D eigenvalue weighted by atomic mass is 10.1. The molecule has 26 heavy (non-hydrogen) atoms. The first-order chi connectivity index (χ1) is 12.8. The summed E-state index contributed by atoms with van der Waals surface area (Å²) < 4.78 is 9.96. The molecule has 0 atom stereocenters. The second-order valence-corrected chi connectivity index (χ2v) is 5.13. The molecule has 2 nitrogen and oxygen atoms in total. The van der Waals surface area contributed by atoms with Gasteiger partial charge in [0.1, 0.15) is 5.75 Å². The van der Waals surface area contributed by atoms with Gasteiger partial charge in [0.25, 0.3) is 0 Å². The van der Waals surface area contributed by atoms with Crippen LogP contribution in [0.15, 0.2) is 65.4 Å². The molecule has 0 radical (unpaired) electrons. The zero-order chi connectivity index (χ0) is 20.0. The van der Waals surface area contributed by atoms with Crippen LogP contribution in [-0.2, 0) is 4.74 Å². The second-order valence-electron chi connectivity index (χ2n) is 4.31. The van der Waals surface area contributed by atoms with Crippen LogP contribution in [0.4, 0.5) is 0 Å². The van der Waals surface area contributed by atoms with Gasteiger partial charge in [-0.15, -0.1) is 0 Å². The van der Waals surface area contributed by atoms with E-state index < -0.39 is 0 Å². The van der Waals surface area contributed by atoms with Crippen LogP contribution >= 0.6 is 11.3 Å². The molecular formula is C23H36O2S. The van der Waals surface area contributed by atoms with Crippen molar-refractivity contribution in [1.82, 2.24) is 0 Å². The normalized spacial score (nSPS) is 8.27. The van der Waals surface area contributed by atoms with E-state index in [-0.39, 0.29) is 0 Å². The molecular weight excluding hydrogens is 340 g/mol. The summed E-state index contributed by atoms with van der Waals surface area (Å²) in [4.78, 5) is 0. The van der Waals surface area contributed by atoms with Crippen molar-refractivity contribution in [2.45, 2.75) is 41.5 Å². The summed E-state index contributed by atoms with van der Waals surface area (Å²) in [5.74, 6) is 0.946. The molecule has 0 unspecified atom stereocenters. The number of thiophene rings is 1. The minimum absolute atomic E-state index is 0.721. The molecule has 0 saturated carbocycles. The average Bonchev–Trinajstić information content (AvgIpc) is 3.32. The molecule has 0 N–H and O–H groups in total. The van der Waals surface area contributed by atoms with E-state index in [9.17, 15) is 0 Å². The number of hydrogen-bond donors (Lipinski definition) is 0. The van der Waals surface area contributed by atoms with Crippen molar-refractivity contribution in [1.29, 1.82) is 0 Å². The number of hydrogen-bond acceptors (Lipinski definition) is 3. The molecule has 1 aromatic heterocycles. The maximum absolute atomic E-state index is 5.41. The van der Waals surface area contributed by atoms with Crippen LogP contribution in [0, 0.1) is 0 Å². The summed E-state index contributed by atoms with van der Waals surface area (Å²) >= 11 is 1.71. The van der Waals surface area contributed by atoms with Gasteiger partial charge in [-0.05, 0) is 47.5 Å². The van der Waals surface area contributed by atoms with Crippen molar-refractivity contribution in [3.63, 3.8) is 0 Å². The van der Waals surface area contributed by atoms with Crippen molar-refractivity contribution >= 4 is 22.1 Å². The summed E-state index contributed by atoms with van der Waals surface area (Å²) in [5, 5.41) is 6.57. The highest BCUT2D eigenvalue weighted by molar-refractivity contribution is 7.07. The predicted octanol–water partition coefficient (Wildman–Crippen LogP) is 7.69. The maximum atomic E-state index is 5.41. The van der Waals surface area contributed by atoms with E-state index in [1.54, 1.807) is 18.4 Å². The molecule has 3 heteroatoms. The molecule has 0 aliphatic carbocycles. The molecule has 0 aliphatic rings. The van der Waals surface area contributed by atoms with Crippen molar-refractivity contribution in [2.75, 3.05) is 20.3 Å². The third kappa shape index (κ3) is 13.5. The molecule has 3 rings (SSSR count). The Bertz CT molecular complexity index is 587. The fourth-order valence-corrected chi connectivity index (χ4v) is 2.10. The lowest BCUT2D eigenvalue weighted by molar-refractivity contribution is 0.215. The van der Waals surface area contributed by atoms with Gasteiger partial charge in [0.05, 0.1) is 6.61 Å². The van der Waals surface area contributed by atoms with Crippen LogP contribution in [0.5, 0.6) is 5.75 Å². The lowest BCUT2D eigenvalue weighted by Gasteiger charge is -2.03. The third-order valence-corrected chi connectivity index (χ3v) is 3.37. The van der Waals surface area contributed by atoms with E-state index in [4.69, 9.17) is 4.74 Å². The molecule has 3 aromatic rings. The first-order valence-electron chi connectivity index (χ1n) is 9.39. The molecule has 146 valence electrons. The van der Waals surface area contributed by atoms with Crippen molar-refractivity contribution in [3.05, 3.63) is 65.4 Å². The lowest BCUT2D eigenvalue weighted by Crippen LogP contribution is -1.90. The summed E-state index contributed by atoms with van der Waals surface area (Å²) in [6, 6.07) is 18.5. The standard InChI is InChI=1S/C12H12O.C4H4S.C3H8O.2C2H6/c1-2-13-12-8-7-10-5-3-4-6-11(10)9-12;1-2-4-5-3-1;1-3-4-2;2*1-2/h3-9H,2H2,1H3;1-4H;3H2,1-2H3;2*1-2H3. The van der Waals surface area contributed by atoms with Gasteiger partial charge in [0, 0.05) is 13.7 Å². The van der Waals surface area contributed by atoms with Gasteiger partial charge >= 0.3 is 0 Å². The molecule has 1 heterocycles. The van der Waals surface area contributed by atoms with Crippen LogP contribution in [0.2, 0.25) is 0 Å². The Hall–Kier alpha value is -1.84. The Labute approximate surface area is 164 Å². The number of fused-ring (bicyclic) bond motifs is 1. The molecule has 0 aliphatic heterocycles. The zero-order valence-corrected chi connectivity index (χ0v) is 18.3. The third-order valence-electron chi connectivity index (χ3n) is 2.75. The van der Waals surface area contributed by atoms with E-state index >= 15 is 0 Å². The first-order valence-corrected chi connectivity index (χ1v) is 10.3. The van der Waals surface area contributed by atoms with Gasteiger partial charge in [-0.25, -0.2) is 0 Å². The number of benzene rings is 2. The Kier molecular flexibility index (Phi) is 21.5. The highest BCUT2D eigenvalue weighted by atomic mass is 32.1. The van der Waals surface area contributed by atoms with Crippen molar-refractivity contribution in [3.8, 4) is 5.75 Å². The molecule has 2 aromatic carbocycles. The van der Waals surface area contributed by atoms with E-state index in [0.29, 0.717) is 0 Å². The Morgan fingerprint density at radius 1 is 0.731 bits per heavy atom. The smallest absolute Gasteiger partial charge is 0.119 e. The SMILES string of the molecule is CC.CC.CCOC.CCOc1ccc2ccccc2c1.c1ccsc1. The van der Waals surface area contributed by atoms with Gasteiger partial charge in [-0.2, -0.15) is 11.3 Å². The summed E-state index contributed by atoms with van der Waals surface area (Å²) in [6.07, 6.45) is 0. The average molecular weight is 377 g/mol. The maximum Gasteiger partial charge on any atom is 0.119 e. The van der Waals surface area contributed by atoms with Crippen molar-refractivity contribution < 1.29 is 9.47 Å². The minimum atomic E-state index is 0.721. The molecule has 0 bridgehead atoms. The van der Waals surface area contributed by atoms with Crippen LogP contribution in [0.1, 0.15) is 41.5 Å². The van der Waals surface area contributed by atoms with Crippen LogP contribution in [-0.4, -0.2) is 20.3 Å².